The van der Waals surface area contributed by atoms with Crippen molar-refractivity contribution < 1.29 is 14.3 Å². The number of hydrogen-bond donors (Lipinski definition) is 1. The van der Waals surface area contributed by atoms with E-state index in [0.717, 1.165) is 49.4 Å². The fraction of sp³-hybridized carbons (Fsp3) is 0.458. The first-order chi connectivity index (χ1) is 14.6. The fourth-order valence-corrected chi connectivity index (χ4v) is 4.63. The maximum absolute atomic E-state index is 13.0. The molecule has 8 heteroatoms. The van der Waals surface area contributed by atoms with Crippen LogP contribution < -0.4 is 15.2 Å². The largest absolute Gasteiger partial charge is 0.493 e. The Kier molecular flexibility index (Phi) is 9.49. The minimum atomic E-state index is 0. The van der Waals surface area contributed by atoms with Gasteiger partial charge >= 0.3 is 0 Å². The predicted octanol–water partition coefficient (Wildman–Crippen LogP) is 4.04. The lowest BCUT2D eigenvalue weighted by molar-refractivity contribution is 0.0703. The van der Waals surface area contributed by atoms with Crippen LogP contribution >= 0.6 is 24.8 Å². The number of anilines is 1. The molecule has 1 amide bonds. The van der Waals surface area contributed by atoms with E-state index in [1.54, 1.807) is 14.2 Å². The molecule has 2 aliphatic rings. The standard InChI is InChI=1S/C24H31N3O3.2ClH/c1-29-22-12-19-16-27(24(28)21(19)13-23(22)30-2)15-18-4-3-10-26(14-18)11-9-17-5-7-20(25)8-6-17;;/h5-8,12-13,18H,3-4,9-11,14-16,25H2,1-2H3;2*1H. The number of halogens is 2. The van der Waals surface area contributed by atoms with Gasteiger partial charge in [0.1, 0.15) is 0 Å². The number of benzene rings is 2. The Hall–Kier alpha value is -2.15. The highest BCUT2D eigenvalue weighted by Gasteiger charge is 2.32. The van der Waals surface area contributed by atoms with Crippen molar-refractivity contribution in [2.24, 2.45) is 5.92 Å². The average Bonchev–Trinajstić information content (AvgIpc) is 3.07. The molecular weight excluding hydrogens is 449 g/mol. The molecule has 2 aromatic carbocycles. The molecule has 0 radical (unpaired) electrons. The van der Waals surface area contributed by atoms with E-state index >= 15 is 0 Å². The van der Waals surface area contributed by atoms with Gasteiger partial charge in [0.05, 0.1) is 14.2 Å². The summed E-state index contributed by atoms with van der Waals surface area (Å²) < 4.78 is 10.8. The normalized spacial score (nSPS) is 17.9. The molecule has 6 nitrogen and oxygen atoms in total. The Morgan fingerprint density at radius 3 is 2.44 bits per heavy atom. The highest BCUT2D eigenvalue weighted by atomic mass is 35.5. The molecule has 0 bridgehead atoms. The van der Waals surface area contributed by atoms with E-state index in [1.807, 2.05) is 29.2 Å². The van der Waals surface area contributed by atoms with Crippen LogP contribution in [0.15, 0.2) is 36.4 Å². The van der Waals surface area contributed by atoms with Crippen LogP contribution in [0, 0.1) is 5.92 Å². The third kappa shape index (κ3) is 5.80. The van der Waals surface area contributed by atoms with Gasteiger partial charge in [0.15, 0.2) is 11.5 Å². The fourth-order valence-electron chi connectivity index (χ4n) is 4.63. The summed E-state index contributed by atoms with van der Waals surface area (Å²) in [4.78, 5) is 17.5. The van der Waals surface area contributed by atoms with Crippen LogP contribution in [0.3, 0.4) is 0 Å². The Balaban J connectivity index is 0.00000181. The predicted molar refractivity (Wildman–Crippen MR) is 133 cm³/mol. The molecule has 0 spiro atoms. The SMILES string of the molecule is COc1cc2c(cc1OC)C(=O)N(CC1CCCN(CCc3ccc(N)cc3)C1)C2.Cl.Cl. The van der Waals surface area contributed by atoms with Crippen LogP contribution in [-0.4, -0.2) is 56.1 Å². The maximum Gasteiger partial charge on any atom is 0.254 e. The van der Waals surface area contributed by atoms with Gasteiger partial charge in [-0.15, -0.1) is 24.8 Å². The summed E-state index contributed by atoms with van der Waals surface area (Å²) in [6.07, 6.45) is 3.38. The first-order valence-corrected chi connectivity index (χ1v) is 10.7. The summed E-state index contributed by atoms with van der Waals surface area (Å²) in [7, 11) is 3.22. The van der Waals surface area contributed by atoms with Crippen molar-refractivity contribution in [1.82, 2.24) is 9.80 Å². The van der Waals surface area contributed by atoms with Gasteiger partial charge in [-0.1, -0.05) is 12.1 Å². The summed E-state index contributed by atoms with van der Waals surface area (Å²) in [5, 5.41) is 0. The minimum Gasteiger partial charge on any atom is -0.493 e. The van der Waals surface area contributed by atoms with E-state index < -0.39 is 0 Å². The number of amides is 1. The molecule has 2 aromatic rings. The van der Waals surface area contributed by atoms with E-state index in [1.165, 1.54) is 18.4 Å². The molecule has 1 fully saturated rings. The molecule has 0 aromatic heterocycles. The Bertz CT molecular complexity index is 908. The lowest BCUT2D eigenvalue weighted by Gasteiger charge is -2.34. The van der Waals surface area contributed by atoms with Crippen molar-refractivity contribution in [2.45, 2.75) is 25.8 Å². The molecule has 2 N–H and O–H groups in total. The second-order valence-electron chi connectivity index (χ2n) is 8.35. The van der Waals surface area contributed by atoms with E-state index in [4.69, 9.17) is 15.2 Å². The molecule has 176 valence electrons. The van der Waals surface area contributed by atoms with Crippen molar-refractivity contribution in [3.05, 3.63) is 53.1 Å². The molecule has 0 aliphatic carbocycles. The maximum atomic E-state index is 13.0. The van der Waals surface area contributed by atoms with Gasteiger partial charge in [0.2, 0.25) is 0 Å². The van der Waals surface area contributed by atoms with Crippen molar-refractivity contribution in [3.63, 3.8) is 0 Å². The third-order valence-electron chi connectivity index (χ3n) is 6.27. The number of carbonyl (C=O) groups excluding carboxylic acids is 1. The number of nitrogens with zero attached hydrogens (tertiary/aromatic N) is 2. The monoisotopic (exact) mass is 481 g/mol. The smallest absolute Gasteiger partial charge is 0.254 e. The Morgan fingerprint density at radius 2 is 1.75 bits per heavy atom. The number of carbonyl (C=O) groups is 1. The lowest BCUT2D eigenvalue weighted by Crippen LogP contribution is -2.41. The number of nitrogens with two attached hydrogens (primary N) is 1. The van der Waals surface area contributed by atoms with Crippen LogP contribution in [0.4, 0.5) is 5.69 Å². The number of likely N-dealkylation sites (tertiary alicyclic amines) is 1. The topological polar surface area (TPSA) is 68.0 Å². The van der Waals surface area contributed by atoms with Crippen LogP contribution in [0.2, 0.25) is 0 Å². The zero-order chi connectivity index (χ0) is 21.1. The number of methoxy groups -OCH3 is 2. The minimum absolute atomic E-state index is 0. The van der Waals surface area contributed by atoms with E-state index in [9.17, 15) is 4.79 Å². The summed E-state index contributed by atoms with van der Waals surface area (Å²) in [5.41, 5.74) is 9.67. The highest BCUT2D eigenvalue weighted by molar-refractivity contribution is 5.99. The molecule has 4 rings (SSSR count). The quantitative estimate of drug-likeness (QED) is 0.604. The van der Waals surface area contributed by atoms with Crippen LogP contribution in [0.25, 0.3) is 0 Å². The van der Waals surface area contributed by atoms with Crippen molar-refractivity contribution in [1.29, 1.82) is 0 Å². The van der Waals surface area contributed by atoms with Gasteiger partial charge in [-0.25, -0.2) is 0 Å². The van der Waals surface area contributed by atoms with Gasteiger partial charge in [0.25, 0.3) is 5.91 Å². The first kappa shape index (κ1) is 26.1. The molecule has 2 aliphatic heterocycles. The summed E-state index contributed by atoms with van der Waals surface area (Å²) in [6.45, 7) is 4.67. The van der Waals surface area contributed by atoms with E-state index in [0.29, 0.717) is 24.0 Å². The van der Waals surface area contributed by atoms with Gasteiger partial charge in [-0.3, -0.25) is 4.79 Å². The summed E-state index contributed by atoms with van der Waals surface area (Å²) in [6, 6.07) is 11.9. The number of ether oxygens (including phenoxy) is 2. The molecule has 1 unspecified atom stereocenters. The number of nitrogen functional groups attached to an aromatic ring is 1. The second-order valence-corrected chi connectivity index (χ2v) is 8.35. The average molecular weight is 482 g/mol. The molecule has 32 heavy (non-hydrogen) atoms. The molecule has 2 heterocycles. The van der Waals surface area contributed by atoms with Gasteiger partial charge in [0, 0.05) is 37.4 Å². The molecule has 0 saturated carbocycles. The van der Waals surface area contributed by atoms with Crippen molar-refractivity contribution in [2.75, 3.05) is 46.1 Å². The Labute approximate surface area is 202 Å². The zero-order valence-corrected chi connectivity index (χ0v) is 20.3. The molecular formula is C24H33Cl2N3O3. The number of fused-ring (bicyclic) bond motifs is 1. The first-order valence-electron chi connectivity index (χ1n) is 10.7. The molecule has 1 atom stereocenters. The Morgan fingerprint density at radius 1 is 1.06 bits per heavy atom. The second kappa shape index (κ2) is 11.6. The zero-order valence-electron chi connectivity index (χ0n) is 18.7. The number of piperidine rings is 1. The number of hydrogen-bond acceptors (Lipinski definition) is 5. The molecule has 1 saturated heterocycles. The van der Waals surface area contributed by atoms with Crippen molar-refractivity contribution in [3.8, 4) is 11.5 Å². The van der Waals surface area contributed by atoms with Crippen LogP contribution in [0.5, 0.6) is 11.5 Å². The highest BCUT2D eigenvalue weighted by Crippen LogP contribution is 2.35. The third-order valence-corrected chi connectivity index (χ3v) is 6.27. The van der Waals surface area contributed by atoms with Gasteiger partial charge < -0.3 is 25.0 Å². The summed E-state index contributed by atoms with van der Waals surface area (Å²) in [5.74, 6) is 1.90. The van der Waals surface area contributed by atoms with Gasteiger partial charge in [-0.2, -0.15) is 0 Å². The van der Waals surface area contributed by atoms with E-state index in [-0.39, 0.29) is 30.7 Å². The van der Waals surface area contributed by atoms with Crippen molar-refractivity contribution >= 4 is 36.4 Å². The van der Waals surface area contributed by atoms with Gasteiger partial charge in [-0.05, 0) is 67.1 Å². The van der Waals surface area contributed by atoms with E-state index in [2.05, 4.69) is 17.0 Å². The van der Waals surface area contributed by atoms with Crippen LogP contribution in [0.1, 0.15) is 34.3 Å². The van der Waals surface area contributed by atoms with Crippen LogP contribution in [-0.2, 0) is 13.0 Å². The number of rotatable bonds is 7. The lowest BCUT2D eigenvalue weighted by atomic mass is 9.97. The summed E-state index contributed by atoms with van der Waals surface area (Å²) >= 11 is 0.